The van der Waals surface area contributed by atoms with Crippen molar-refractivity contribution in [2.24, 2.45) is 0 Å². The molecule has 232 valence electrons. The van der Waals surface area contributed by atoms with Crippen LogP contribution in [0, 0.1) is 0 Å². The number of anilines is 1. The first-order valence-electron chi connectivity index (χ1n) is 12.1. The van der Waals surface area contributed by atoms with Crippen LogP contribution in [0.4, 0.5) is 62.8 Å². The quantitative estimate of drug-likeness (QED) is 0.242. The number of halogens is 13. The van der Waals surface area contributed by atoms with Crippen LogP contribution in [-0.4, -0.2) is 54.0 Å². The second-order valence-electron chi connectivity index (χ2n) is 9.42. The molecule has 2 unspecified atom stereocenters. The fourth-order valence-corrected chi connectivity index (χ4v) is 4.43. The van der Waals surface area contributed by atoms with Crippen LogP contribution in [0.1, 0.15) is 44.2 Å². The van der Waals surface area contributed by atoms with Crippen LogP contribution in [-0.2, 0) is 5.60 Å². The molecule has 2 rings (SSSR count). The van der Waals surface area contributed by atoms with E-state index in [4.69, 9.17) is 0 Å². The Balaban J connectivity index is 2.80. The third-order valence-electron chi connectivity index (χ3n) is 6.98. The first-order chi connectivity index (χ1) is 18.5. The summed E-state index contributed by atoms with van der Waals surface area (Å²) in [6, 6.07) is 11.5. The molecule has 1 N–H and O–H groups in total. The van der Waals surface area contributed by atoms with Crippen LogP contribution >= 0.6 is 0 Å². The zero-order valence-electron chi connectivity index (χ0n) is 21.7. The maximum atomic E-state index is 15.2. The maximum absolute atomic E-state index is 15.2. The molecule has 0 bridgehead atoms. The minimum atomic E-state index is -8.02. The van der Waals surface area contributed by atoms with Gasteiger partial charge >= 0.3 is 35.8 Å². The highest BCUT2D eigenvalue weighted by atomic mass is 19.4. The summed E-state index contributed by atoms with van der Waals surface area (Å²) in [7, 11) is 0. The predicted molar refractivity (Wildman–Crippen MR) is 124 cm³/mol. The molecule has 2 aromatic carbocycles. The smallest absolute Gasteiger partial charge is 0.384 e. The molecule has 0 saturated heterocycles. The molecular weight excluding hydrogens is 589 g/mol. The van der Waals surface area contributed by atoms with Gasteiger partial charge in [0, 0.05) is 30.3 Å². The minimum absolute atomic E-state index is 0.0100. The highest BCUT2D eigenvalue weighted by Crippen LogP contribution is 2.62. The zero-order valence-corrected chi connectivity index (χ0v) is 21.7. The number of para-hydroxylation sites is 1. The average molecular weight is 615 g/mol. The Morgan fingerprint density at radius 2 is 1.07 bits per heavy atom. The fraction of sp³-hybridized carbons (Fsp3) is 0.538. The number of alkyl halides is 13. The molecule has 0 aliphatic heterocycles. The molecule has 41 heavy (non-hydrogen) atoms. The van der Waals surface area contributed by atoms with Crippen molar-refractivity contribution in [3.05, 3.63) is 65.7 Å². The second kappa shape index (κ2) is 11.2. The van der Waals surface area contributed by atoms with Gasteiger partial charge in [-0.25, -0.2) is 0 Å². The summed E-state index contributed by atoms with van der Waals surface area (Å²) < 4.78 is 180. The molecule has 0 heterocycles. The van der Waals surface area contributed by atoms with Crippen LogP contribution in [0.3, 0.4) is 0 Å². The van der Waals surface area contributed by atoms with Gasteiger partial charge in [0.2, 0.25) is 0 Å². The molecule has 0 aliphatic rings. The van der Waals surface area contributed by atoms with Crippen molar-refractivity contribution in [2.45, 2.75) is 74.5 Å². The SMILES string of the molecule is CCN(CC)c1ccccc1C(O)(CC(F)(F)C(F)(F)C(F)(F)C(F)(F)C(F)(F)C(F)(F)F)C(C)c1ccccc1. The van der Waals surface area contributed by atoms with Crippen LogP contribution in [0.15, 0.2) is 54.6 Å². The molecule has 0 saturated carbocycles. The van der Waals surface area contributed by atoms with E-state index in [-0.39, 0.29) is 24.3 Å². The van der Waals surface area contributed by atoms with E-state index >= 15 is 8.78 Å². The monoisotopic (exact) mass is 615 g/mol. The van der Waals surface area contributed by atoms with Gasteiger partial charge in [-0.2, -0.15) is 57.1 Å². The first kappa shape index (κ1) is 34.5. The van der Waals surface area contributed by atoms with Gasteiger partial charge in [0.1, 0.15) is 5.60 Å². The Morgan fingerprint density at radius 3 is 1.54 bits per heavy atom. The normalized spacial score (nSPS) is 16.3. The summed E-state index contributed by atoms with van der Waals surface area (Å²) in [5, 5.41) is 11.7. The lowest BCUT2D eigenvalue weighted by Gasteiger charge is -2.44. The van der Waals surface area contributed by atoms with E-state index in [1.807, 2.05) is 0 Å². The largest absolute Gasteiger partial charge is 0.460 e. The Bertz CT molecular complexity index is 1160. The first-order valence-corrected chi connectivity index (χ1v) is 12.1. The Morgan fingerprint density at radius 1 is 0.634 bits per heavy atom. The second-order valence-corrected chi connectivity index (χ2v) is 9.42. The van der Waals surface area contributed by atoms with Crippen LogP contribution in [0.5, 0.6) is 0 Å². The molecule has 0 radical (unpaired) electrons. The number of benzene rings is 2. The summed E-state index contributed by atoms with van der Waals surface area (Å²) in [6.45, 7) is 4.53. The standard InChI is InChI=1S/C26H26F13NO/c1-4-40(5-2)19-14-10-9-13-18(19)20(41,16(3)17-11-7-6-8-12-17)15-21(27,28)22(29,30)23(31,32)24(33,34)25(35,36)26(37,38)39/h6-14,16,41H,4-5,15H2,1-3H3. The number of nitrogens with zero attached hydrogens (tertiary/aromatic N) is 1. The van der Waals surface area contributed by atoms with Gasteiger partial charge < -0.3 is 10.0 Å². The van der Waals surface area contributed by atoms with Crippen molar-refractivity contribution in [1.82, 2.24) is 0 Å². The van der Waals surface area contributed by atoms with E-state index in [0.29, 0.717) is 0 Å². The molecule has 15 heteroatoms. The number of rotatable bonds is 12. The molecule has 2 aromatic rings. The molecule has 0 spiro atoms. The van der Waals surface area contributed by atoms with Crippen molar-refractivity contribution >= 4 is 5.69 Å². The van der Waals surface area contributed by atoms with Crippen molar-refractivity contribution in [1.29, 1.82) is 0 Å². The van der Waals surface area contributed by atoms with Gasteiger partial charge in [0.25, 0.3) is 0 Å². The number of aliphatic hydroxyl groups is 1. The molecule has 0 amide bonds. The summed E-state index contributed by atoms with van der Waals surface area (Å²) in [5.74, 6) is -39.5. The third-order valence-corrected chi connectivity index (χ3v) is 6.98. The Kier molecular flexibility index (Phi) is 9.40. The lowest BCUT2D eigenvalue weighted by atomic mass is 9.72. The fourth-order valence-electron chi connectivity index (χ4n) is 4.43. The van der Waals surface area contributed by atoms with E-state index in [1.165, 1.54) is 53.4 Å². The van der Waals surface area contributed by atoms with Crippen molar-refractivity contribution in [3.63, 3.8) is 0 Å². The van der Waals surface area contributed by atoms with Gasteiger partial charge in [-0.15, -0.1) is 0 Å². The lowest BCUT2D eigenvalue weighted by Crippen LogP contribution is -2.70. The summed E-state index contributed by atoms with van der Waals surface area (Å²) in [5.41, 5.74) is -3.87. The topological polar surface area (TPSA) is 23.5 Å². The van der Waals surface area contributed by atoms with E-state index < -0.39 is 59.3 Å². The van der Waals surface area contributed by atoms with E-state index in [0.717, 1.165) is 13.0 Å². The predicted octanol–water partition coefficient (Wildman–Crippen LogP) is 8.65. The molecule has 0 aromatic heterocycles. The van der Waals surface area contributed by atoms with E-state index in [1.54, 1.807) is 13.8 Å². The van der Waals surface area contributed by atoms with Gasteiger partial charge in [-0.1, -0.05) is 55.5 Å². The van der Waals surface area contributed by atoms with Crippen molar-refractivity contribution in [2.75, 3.05) is 18.0 Å². The Labute approximate surface area is 226 Å². The molecule has 2 atom stereocenters. The number of hydrogen-bond acceptors (Lipinski definition) is 2. The summed E-state index contributed by atoms with van der Waals surface area (Å²) in [6.07, 6.45) is -10.3. The third kappa shape index (κ3) is 5.57. The lowest BCUT2D eigenvalue weighted by molar-refractivity contribution is -0.441. The molecule has 0 fully saturated rings. The van der Waals surface area contributed by atoms with Gasteiger partial charge in [-0.3, -0.25) is 0 Å². The Hall–Kier alpha value is -2.71. The molecular formula is C26H26F13NO. The van der Waals surface area contributed by atoms with E-state index in [2.05, 4.69) is 0 Å². The average Bonchev–Trinajstić information content (AvgIpc) is 2.88. The van der Waals surface area contributed by atoms with Crippen LogP contribution < -0.4 is 4.90 Å². The minimum Gasteiger partial charge on any atom is -0.384 e. The summed E-state index contributed by atoms with van der Waals surface area (Å²) in [4.78, 5) is 1.46. The van der Waals surface area contributed by atoms with Gasteiger partial charge in [0.05, 0.1) is 6.42 Å². The van der Waals surface area contributed by atoms with Gasteiger partial charge in [0.15, 0.2) is 0 Å². The number of hydrogen-bond donors (Lipinski definition) is 1. The highest BCUT2D eigenvalue weighted by Gasteiger charge is 2.90. The highest BCUT2D eigenvalue weighted by molar-refractivity contribution is 5.57. The van der Waals surface area contributed by atoms with Crippen LogP contribution in [0.2, 0.25) is 0 Å². The van der Waals surface area contributed by atoms with Crippen LogP contribution in [0.25, 0.3) is 0 Å². The van der Waals surface area contributed by atoms with E-state index in [9.17, 15) is 53.4 Å². The van der Waals surface area contributed by atoms with Gasteiger partial charge in [-0.05, 0) is 25.5 Å². The zero-order chi connectivity index (χ0) is 31.9. The van der Waals surface area contributed by atoms with Crippen molar-refractivity contribution < 1.29 is 62.2 Å². The molecule has 2 nitrogen and oxygen atoms in total. The summed E-state index contributed by atoms with van der Waals surface area (Å²) >= 11 is 0. The molecule has 0 aliphatic carbocycles. The maximum Gasteiger partial charge on any atom is 0.460 e. The van der Waals surface area contributed by atoms with Crippen molar-refractivity contribution in [3.8, 4) is 0 Å².